The van der Waals surface area contributed by atoms with Gasteiger partial charge in [-0.05, 0) is 60.1 Å². The second-order valence-corrected chi connectivity index (χ2v) is 5.39. The molecule has 0 unspecified atom stereocenters. The van der Waals surface area contributed by atoms with Gasteiger partial charge in [0, 0.05) is 0 Å². The summed E-state index contributed by atoms with van der Waals surface area (Å²) in [5.41, 5.74) is 4.79. The molecular formula is C15H19. The van der Waals surface area contributed by atoms with Gasteiger partial charge in [0.25, 0.3) is 0 Å². The molecule has 1 aromatic carbocycles. The van der Waals surface area contributed by atoms with Crippen LogP contribution in [0.2, 0.25) is 0 Å². The Morgan fingerprint density at radius 2 is 1.53 bits per heavy atom. The van der Waals surface area contributed by atoms with Crippen LogP contribution >= 0.6 is 0 Å². The number of hydrogen-bond acceptors (Lipinski definition) is 0. The summed E-state index contributed by atoms with van der Waals surface area (Å²) in [5.74, 6) is 3.26. The van der Waals surface area contributed by atoms with Crippen molar-refractivity contribution >= 4 is 0 Å². The van der Waals surface area contributed by atoms with Crippen molar-refractivity contribution in [3.05, 3.63) is 40.8 Å². The summed E-state index contributed by atoms with van der Waals surface area (Å²) in [5, 5.41) is 0. The molecule has 0 saturated heterocycles. The summed E-state index contributed by atoms with van der Waals surface area (Å²) in [6, 6.07) is 7.17. The fourth-order valence-electron chi connectivity index (χ4n) is 2.40. The van der Waals surface area contributed by atoms with Gasteiger partial charge in [0.15, 0.2) is 0 Å². The normalized spacial score (nSPS) is 21.0. The van der Waals surface area contributed by atoms with E-state index >= 15 is 0 Å². The first kappa shape index (κ1) is 9.45. The fraction of sp³-hybridized carbons (Fsp3) is 0.533. The summed E-state index contributed by atoms with van der Waals surface area (Å²) < 4.78 is 0. The van der Waals surface area contributed by atoms with Crippen LogP contribution in [0.15, 0.2) is 18.2 Å². The Morgan fingerprint density at radius 1 is 0.933 bits per heavy atom. The van der Waals surface area contributed by atoms with E-state index in [-0.39, 0.29) is 0 Å². The number of benzene rings is 1. The van der Waals surface area contributed by atoms with Crippen LogP contribution in [0.3, 0.4) is 0 Å². The Balaban J connectivity index is 2.00. The van der Waals surface area contributed by atoms with Crippen molar-refractivity contribution < 1.29 is 0 Å². The summed E-state index contributed by atoms with van der Waals surface area (Å²) in [7, 11) is 0. The van der Waals surface area contributed by atoms with Gasteiger partial charge in [0.05, 0.1) is 0 Å². The van der Waals surface area contributed by atoms with Gasteiger partial charge in [-0.3, -0.25) is 0 Å². The van der Waals surface area contributed by atoms with E-state index in [2.05, 4.69) is 32.0 Å². The summed E-state index contributed by atoms with van der Waals surface area (Å²) in [4.78, 5) is 0. The average molecular weight is 199 g/mol. The Hall–Kier alpha value is -0.780. The van der Waals surface area contributed by atoms with E-state index in [9.17, 15) is 0 Å². The molecule has 0 nitrogen and oxygen atoms in total. The van der Waals surface area contributed by atoms with Gasteiger partial charge in [-0.2, -0.15) is 0 Å². The molecule has 1 radical (unpaired) electrons. The highest BCUT2D eigenvalue weighted by Crippen LogP contribution is 2.49. The minimum atomic E-state index is 0.903. The van der Waals surface area contributed by atoms with Crippen molar-refractivity contribution in [3.63, 3.8) is 0 Å². The van der Waals surface area contributed by atoms with Gasteiger partial charge >= 0.3 is 0 Å². The number of rotatable bonds is 3. The summed E-state index contributed by atoms with van der Waals surface area (Å²) >= 11 is 0. The fourth-order valence-corrected chi connectivity index (χ4v) is 2.40. The molecule has 3 rings (SSSR count). The Bertz CT molecular complexity index is 368. The molecule has 2 saturated carbocycles. The molecule has 2 aliphatic rings. The zero-order chi connectivity index (χ0) is 10.4. The van der Waals surface area contributed by atoms with Crippen LogP contribution in [-0.4, -0.2) is 0 Å². The highest BCUT2D eigenvalue weighted by atomic mass is 14.4. The summed E-state index contributed by atoms with van der Waals surface area (Å²) in [6.07, 6.45) is 5.69. The first-order valence-electron chi connectivity index (χ1n) is 6.20. The minimum absolute atomic E-state index is 0.903. The lowest BCUT2D eigenvalue weighted by molar-refractivity contribution is 1.00. The SMILES string of the molecule is C[C](C)c1ccc(C2CC2)c(C2CC2)c1. The van der Waals surface area contributed by atoms with E-state index in [0.717, 1.165) is 11.8 Å². The molecule has 0 N–H and O–H groups in total. The van der Waals surface area contributed by atoms with Crippen LogP contribution < -0.4 is 0 Å². The van der Waals surface area contributed by atoms with Crippen LogP contribution in [-0.2, 0) is 0 Å². The molecule has 0 heteroatoms. The monoisotopic (exact) mass is 199 g/mol. The van der Waals surface area contributed by atoms with E-state index in [0.29, 0.717) is 0 Å². The van der Waals surface area contributed by atoms with Gasteiger partial charge < -0.3 is 0 Å². The maximum atomic E-state index is 2.46. The zero-order valence-corrected chi connectivity index (χ0v) is 9.72. The standard InChI is InChI=1S/C15H19/c1-10(2)13-7-8-14(11-3-4-11)15(9-13)12-5-6-12/h7-9,11-12H,3-6H2,1-2H3. The van der Waals surface area contributed by atoms with E-state index in [1.54, 1.807) is 11.1 Å². The first-order chi connectivity index (χ1) is 7.25. The van der Waals surface area contributed by atoms with E-state index in [1.807, 2.05) is 0 Å². The van der Waals surface area contributed by atoms with Gasteiger partial charge in [-0.25, -0.2) is 0 Å². The zero-order valence-electron chi connectivity index (χ0n) is 9.72. The topological polar surface area (TPSA) is 0 Å². The molecule has 1 aromatic rings. The number of hydrogen-bond donors (Lipinski definition) is 0. The molecule has 0 amide bonds. The molecule has 15 heavy (non-hydrogen) atoms. The molecule has 79 valence electrons. The maximum absolute atomic E-state index is 2.46. The Kier molecular flexibility index (Phi) is 2.12. The van der Waals surface area contributed by atoms with Crippen molar-refractivity contribution in [2.24, 2.45) is 0 Å². The predicted octanol–water partition coefficient (Wildman–Crippen LogP) is 4.40. The second kappa shape index (κ2) is 3.37. The van der Waals surface area contributed by atoms with Crippen molar-refractivity contribution in [1.29, 1.82) is 0 Å². The van der Waals surface area contributed by atoms with Crippen LogP contribution in [0.5, 0.6) is 0 Å². The van der Waals surface area contributed by atoms with Crippen LogP contribution in [0, 0.1) is 5.92 Å². The quantitative estimate of drug-likeness (QED) is 0.676. The third-order valence-electron chi connectivity index (χ3n) is 3.70. The summed E-state index contributed by atoms with van der Waals surface area (Å²) in [6.45, 7) is 4.42. The molecule has 0 aromatic heterocycles. The van der Waals surface area contributed by atoms with Crippen LogP contribution in [0.1, 0.15) is 68.1 Å². The van der Waals surface area contributed by atoms with Gasteiger partial charge in [-0.15, -0.1) is 0 Å². The van der Waals surface area contributed by atoms with Crippen molar-refractivity contribution in [1.82, 2.24) is 0 Å². The molecule has 0 spiro atoms. The van der Waals surface area contributed by atoms with Gasteiger partial charge in [0.2, 0.25) is 0 Å². The first-order valence-corrected chi connectivity index (χ1v) is 6.20. The lowest BCUT2D eigenvalue weighted by Gasteiger charge is -2.12. The molecule has 2 aliphatic carbocycles. The average Bonchev–Trinajstić information content (AvgIpc) is 3.08. The molecule has 0 bridgehead atoms. The molecular weight excluding hydrogens is 180 g/mol. The van der Waals surface area contributed by atoms with Gasteiger partial charge in [0.1, 0.15) is 0 Å². The largest absolute Gasteiger partial charge is 0.0582 e. The third-order valence-corrected chi connectivity index (χ3v) is 3.70. The van der Waals surface area contributed by atoms with Crippen molar-refractivity contribution in [2.75, 3.05) is 0 Å². The van der Waals surface area contributed by atoms with E-state index in [4.69, 9.17) is 0 Å². The molecule has 0 atom stereocenters. The van der Waals surface area contributed by atoms with Crippen LogP contribution in [0.4, 0.5) is 0 Å². The Labute approximate surface area is 92.7 Å². The predicted molar refractivity (Wildman–Crippen MR) is 64.1 cm³/mol. The van der Waals surface area contributed by atoms with E-state index in [1.165, 1.54) is 37.2 Å². The molecule has 0 aliphatic heterocycles. The third kappa shape index (κ3) is 1.82. The highest BCUT2D eigenvalue weighted by Gasteiger charge is 2.32. The van der Waals surface area contributed by atoms with Crippen molar-refractivity contribution in [2.45, 2.75) is 51.4 Å². The van der Waals surface area contributed by atoms with Crippen molar-refractivity contribution in [3.8, 4) is 0 Å². The second-order valence-electron chi connectivity index (χ2n) is 5.39. The maximum Gasteiger partial charge on any atom is -0.00119 e. The molecule has 0 heterocycles. The lowest BCUT2D eigenvalue weighted by Crippen LogP contribution is -1.95. The van der Waals surface area contributed by atoms with Gasteiger partial charge in [-0.1, -0.05) is 32.0 Å². The lowest BCUT2D eigenvalue weighted by atomic mass is 9.93. The smallest absolute Gasteiger partial charge is 0.00119 e. The molecule has 2 fully saturated rings. The Morgan fingerprint density at radius 3 is 2.07 bits per heavy atom. The van der Waals surface area contributed by atoms with E-state index < -0.39 is 0 Å². The minimum Gasteiger partial charge on any atom is -0.0582 e. The highest BCUT2D eigenvalue weighted by molar-refractivity contribution is 5.44. The van der Waals surface area contributed by atoms with Crippen LogP contribution in [0.25, 0.3) is 0 Å².